The van der Waals surface area contributed by atoms with Crippen molar-refractivity contribution in [2.24, 2.45) is 0 Å². The summed E-state index contributed by atoms with van der Waals surface area (Å²) in [6, 6.07) is 13.7. The average molecular weight is 422 g/mol. The van der Waals surface area contributed by atoms with Gasteiger partial charge in [0.2, 0.25) is 0 Å². The van der Waals surface area contributed by atoms with Crippen LogP contribution in [0, 0.1) is 6.92 Å². The van der Waals surface area contributed by atoms with Crippen LogP contribution in [-0.4, -0.2) is 20.2 Å². The van der Waals surface area contributed by atoms with Crippen molar-refractivity contribution in [2.45, 2.75) is 6.92 Å². The van der Waals surface area contributed by atoms with Crippen molar-refractivity contribution in [3.63, 3.8) is 0 Å². The van der Waals surface area contributed by atoms with Crippen molar-refractivity contribution >= 4 is 28.3 Å². The third-order valence-electron chi connectivity index (χ3n) is 4.74. The molecule has 0 saturated heterocycles. The van der Waals surface area contributed by atoms with E-state index in [0.717, 1.165) is 10.9 Å². The summed E-state index contributed by atoms with van der Waals surface area (Å²) in [6.45, 7) is 1.85. The number of carbonyl (C=O) groups is 1. The number of ether oxygens (including phenoxy) is 3. The van der Waals surface area contributed by atoms with E-state index in [1.807, 2.05) is 6.92 Å². The summed E-state index contributed by atoms with van der Waals surface area (Å²) < 4.78 is 21.6. The Kier molecular flexibility index (Phi) is 5.29. The zero-order chi connectivity index (χ0) is 21.3. The van der Waals surface area contributed by atoms with E-state index in [9.17, 15) is 9.59 Å². The molecule has 152 valence electrons. The Morgan fingerprint density at radius 2 is 1.80 bits per heavy atom. The van der Waals surface area contributed by atoms with Gasteiger partial charge in [0.1, 0.15) is 16.2 Å². The smallest absolute Gasteiger partial charge is 0.353 e. The molecule has 0 aliphatic rings. The van der Waals surface area contributed by atoms with Gasteiger partial charge in [0.05, 0.1) is 19.8 Å². The molecular formula is C23H18O6S. The Hall–Kier alpha value is -3.58. The highest BCUT2D eigenvalue weighted by atomic mass is 32.1. The number of aryl methyl sites for hydroxylation is 1. The molecule has 2 aromatic carbocycles. The third kappa shape index (κ3) is 3.55. The van der Waals surface area contributed by atoms with Crippen LogP contribution in [0.1, 0.15) is 15.2 Å². The standard InChI is InChI=1S/C23H18O6S/c1-13-16-8-7-15(28-22(24)20-5-4-10-30-20)12-18(16)29-23(25)21(13)14-6-9-17(26-2)19(11-14)27-3/h4-12H,1-3H3. The highest BCUT2D eigenvalue weighted by molar-refractivity contribution is 7.12. The molecule has 0 bridgehead atoms. The van der Waals surface area contributed by atoms with E-state index >= 15 is 0 Å². The van der Waals surface area contributed by atoms with Gasteiger partial charge in [0.25, 0.3) is 0 Å². The topological polar surface area (TPSA) is 75.0 Å². The number of fused-ring (bicyclic) bond motifs is 1. The Balaban J connectivity index is 1.75. The second-order valence-corrected chi connectivity index (χ2v) is 7.43. The van der Waals surface area contributed by atoms with Gasteiger partial charge in [-0.25, -0.2) is 9.59 Å². The predicted molar refractivity (Wildman–Crippen MR) is 115 cm³/mol. The molecule has 0 aliphatic heterocycles. The summed E-state index contributed by atoms with van der Waals surface area (Å²) >= 11 is 1.30. The minimum Gasteiger partial charge on any atom is -0.493 e. The number of carbonyl (C=O) groups excluding carboxylic acids is 1. The first-order valence-electron chi connectivity index (χ1n) is 9.07. The normalized spacial score (nSPS) is 10.8. The van der Waals surface area contributed by atoms with Crippen LogP contribution in [0.25, 0.3) is 22.1 Å². The van der Waals surface area contributed by atoms with Crippen LogP contribution >= 0.6 is 11.3 Å². The van der Waals surface area contributed by atoms with Crippen LogP contribution < -0.4 is 19.8 Å². The number of rotatable bonds is 5. The molecule has 2 aromatic heterocycles. The second-order valence-electron chi connectivity index (χ2n) is 6.48. The fourth-order valence-corrected chi connectivity index (χ4v) is 3.88. The first-order chi connectivity index (χ1) is 14.5. The minimum atomic E-state index is -0.492. The maximum atomic E-state index is 12.8. The maximum absolute atomic E-state index is 12.8. The second kappa shape index (κ2) is 8.04. The molecule has 0 N–H and O–H groups in total. The molecule has 7 heteroatoms. The van der Waals surface area contributed by atoms with E-state index in [4.69, 9.17) is 18.6 Å². The Morgan fingerprint density at radius 3 is 2.50 bits per heavy atom. The summed E-state index contributed by atoms with van der Waals surface area (Å²) in [4.78, 5) is 25.5. The van der Waals surface area contributed by atoms with Gasteiger partial charge in [-0.2, -0.15) is 0 Å². The van der Waals surface area contributed by atoms with E-state index in [1.54, 1.807) is 61.0 Å². The quantitative estimate of drug-likeness (QED) is 0.254. The monoisotopic (exact) mass is 422 g/mol. The lowest BCUT2D eigenvalue weighted by Gasteiger charge is -2.12. The van der Waals surface area contributed by atoms with Gasteiger partial charge in [-0.05, 0) is 53.8 Å². The van der Waals surface area contributed by atoms with Crippen LogP contribution in [-0.2, 0) is 0 Å². The Morgan fingerprint density at radius 1 is 1.00 bits per heavy atom. The van der Waals surface area contributed by atoms with Crippen molar-refractivity contribution in [1.82, 2.24) is 0 Å². The lowest BCUT2D eigenvalue weighted by molar-refractivity contribution is 0.0740. The summed E-state index contributed by atoms with van der Waals surface area (Å²) in [7, 11) is 3.09. The molecule has 0 saturated carbocycles. The van der Waals surface area contributed by atoms with Gasteiger partial charge < -0.3 is 18.6 Å². The zero-order valence-electron chi connectivity index (χ0n) is 16.6. The third-order valence-corrected chi connectivity index (χ3v) is 5.59. The SMILES string of the molecule is COc1ccc(-c2c(C)c3ccc(OC(=O)c4cccs4)cc3oc2=O)cc1OC. The highest BCUT2D eigenvalue weighted by Gasteiger charge is 2.17. The predicted octanol–water partition coefficient (Wildman–Crippen LogP) is 5.07. The molecule has 4 aromatic rings. The van der Waals surface area contributed by atoms with Gasteiger partial charge in [-0.3, -0.25) is 0 Å². The first-order valence-corrected chi connectivity index (χ1v) is 9.95. The van der Waals surface area contributed by atoms with Gasteiger partial charge in [0, 0.05) is 11.5 Å². The minimum absolute atomic E-state index is 0.308. The molecule has 0 aliphatic carbocycles. The first kappa shape index (κ1) is 19.7. The van der Waals surface area contributed by atoms with Crippen LogP contribution in [0.5, 0.6) is 17.2 Å². The number of thiophene rings is 1. The van der Waals surface area contributed by atoms with Crippen LogP contribution in [0.3, 0.4) is 0 Å². The molecule has 4 rings (SSSR count). The summed E-state index contributed by atoms with van der Waals surface area (Å²) in [5.74, 6) is 0.943. The molecule has 0 unspecified atom stereocenters. The molecule has 6 nitrogen and oxygen atoms in total. The highest BCUT2D eigenvalue weighted by Crippen LogP contribution is 2.34. The largest absolute Gasteiger partial charge is 0.493 e. The Labute approximate surface area is 176 Å². The summed E-state index contributed by atoms with van der Waals surface area (Å²) in [5, 5.41) is 2.55. The fourth-order valence-electron chi connectivity index (χ4n) is 3.28. The number of methoxy groups -OCH3 is 2. The maximum Gasteiger partial charge on any atom is 0.353 e. The number of hydrogen-bond donors (Lipinski definition) is 0. The van der Waals surface area contributed by atoms with Crippen molar-refractivity contribution in [2.75, 3.05) is 14.2 Å². The molecule has 0 amide bonds. The van der Waals surface area contributed by atoms with Crippen LogP contribution in [0.15, 0.2) is 63.1 Å². The van der Waals surface area contributed by atoms with Gasteiger partial charge in [0.15, 0.2) is 11.5 Å². The number of esters is 1. The van der Waals surface area contributed by atoms with Gasteiger partial charge >= 0.3 is 11.6 Å². The van der Waals surface area contributed by atoms with Crippen molar-refractivity contribution in [1.29, 1.82) is 0 Å². The molecule has 0 atom stereocenters. The average Bonchev–Trinajstić information content (AvgIpc) is 3.28. The summed E-state index contributed by atoms with van der Waals surface area (Å²) in [6.07, 6.45) is 0. The van der Waals surface area contributed by atoms with E-state index < -0.39 is 11.6 Å². The van der Waals surface area contributed by atoms with Crippen LogP contribution in [0.4, 0.5) is 0 Å². The van der Waals surface area contributed by atoms with Crippen molar-refractivity contribution in [3.05, 3.63) is 74.8 Å². The van der Waals surface area contributed by atoms with Gasteiger partial charge in [-0.1, -0.05) is 12.1 Å². The van der Waals surface area contributed by atoms with E-state index in [0.29, 0.717) is 38.8 Å². The Bertz CT molecular complexity index is 1290. The van der Waals surface area contributed by atoms with E-state index in [2.05, 4.69) is 0 Å². The zero-order valence-corrected chi connectivity index (χ0v) is 17.4. The molecule has 0 fully saturated rings. The molecule has 0 radical (unpaired) electrons. The molecule has 0 spiro atoms. The van der Waals surface area contributed by atoms with Gasteiger partial charge in [-0.15, -0.1) is 11.3 Å². The van der Waals surface area contributed by atoms with E-state index in [1.165, 1.54) is 18.4 Å². The van der Waals surface area contributed by atoms with E-state index in [-0.39, 0.29) is 0 Å². The lowest BCUT2D eigenvalue weighted by Crippen LogP contribution is -2.08. The van der Waals surface area contributed by atoms with Crippen LogP contribution in [0.2, 0.25) is 0 Å². The van der Waals surface area contributed by atoms with Crippen molar-refractivity contribution in [3.8, 4) is 28.4 Å². The molecule has 30 heavy (non-hydrogen) atoms. The summed E-state index contributed by atoms with van der Waals surface area (Å²) in [5.41, 5.74) is 1.71. The molecule has 2 heterocycles. The molecular weight excluding hydrogens is 404 g/mol. The lowest BCUT2D eigenvalue weighted by atomic mass is 9.99. The fraction of sp³-hybridized carbons (Fsp3) is 0.130. The van der Waals surface area contributed by atoms with Crippen molar-refractivity contribution < 1.29 is 23.4 Å². The number of benzene rings is 2. The number of hydrogen-bond acceptors (Lipinski definition) is 7.